The third-order valence-corrected chi connectivity index (χ3v) is 4.69. The minimum absolute atomic E-state index is 0.633. The highest BCUT2D eigenvalue weighted by Crippen LogP contribution is 2.30. The predicted octanol–water partition coefficient (Wildman–Crippen LogP) is 2.29. The van der Waals surface area contributed by atoms with Crippen molar-refractivity contribution >= 4 is 27.8 Å². The number of nitrogens with two attached hydrogens (primary N) is 1. The van der Waals surface area contributed by atoms with Crippen molar-refractivity contribution in [3.63, 3.8) is 0 Å². The number of rotatable bonds is 3. The number of hydrogen-bond acceptors (Lipinski definition) is 6. The summed E-state index contributed by atoms with van der Waals surface area (Å²) >= 11 is 3.29. The molecular formula is C12H15N3OS2. The molecule has 1 saturated heterocycles. The second-order valence-corrected chi connectivity index (χ2v) is 6.28. The van der Waals surface area contributed by atoms with Gasteiger partial charge in [0, 0.05) is 29.9 Å². The average molecular weight is 281 g/mol. The highest BCUT2D eigenvalue weighted by Gasteiger charge is 2.13. The molecule has 0 spiro atoms. The smallest absolute Gasteiger partial charge is 0.180 e. The first-order chi connectivity index (χ1) is 8.81. The maximum Gasteiger partial charge on any atom is 0.180 e. The fraction of sp³-hybridized carbons (Fsp3) is 0.417. The number of ether oxygens (including phenoxy) is 1. The summed E-state index contributed by atoms with van der Waals surface area (Å²) in [7, 11) is 0. The monoisotopic (exact) mass is 281 g/mol. The van der Waals surface area contributed by atoms with Gasteiger partial charge in [0.1, 0.15) is 0 Å². The Kier molecular flexibility index (Phi) is 3.60. The zero-order valence-electron chi connectivity index (χ0n) is 9.96. The maximum atomic E-state index is 5.66. The zero-order valence-corrected chi connectivity index (χ0v) is 11.6. The molecule has 2 N–H and O–H groups in total. The fourth-order valence-electron chi connectivity index (χ4n) is 1.98. The lowest BCUT2D eigenvalue weighted by atomic mass is 10.3. The van der Waals surface area contributed by atoms with Gasteiger partial charge < -0.3 is 10.5 Å². The number of anilines is 1. The van der Waals surface area contributed by atoms with Gasteiger partial charge in [-0.2, -0.15) is 0 Å². The van der Waals surface area contributed by atoms with Gasteiger partial charge in [0.2, 0.25) is 0 Å². The SMILES string of the molecule is Nc1nc(-c2ccc(CN3CCOCC3)s2)cs1. The summed E-state index contributed by atoms with van der Waals surface area (Å²) in [6.07, 6.45) is 0. The fourth-order valence-corrected chi connectivity index (χ4v) is 3.63. The summed E-state index contributed by atoms with van der Waals surface area (Å²) in [6, 6.07) is 4.32. The normalized spacial score (nSPS) is 17.1. The Labute approximate surface area is 114 Å². The molecule has 0 radical (unpaired) electrons. The molecule has 0 atom stereocenters. The van der Waals surface area contributed by atoms with Gasteiger partial charge in [0.25, 0.3) is 0 Å². The highest BCUT2D eigenvalue weighted by atomic mass is 32.1. The molecule has 2 aromatic heterocycles. The standard InChI is InChI=1S/C12H15N3OS2/c13-12-14-10(8-17-12)11-2-1-9(18-11)7-15-3-5-16-6-4-15/h1-2,8H,3-7H2,(H2,13,14). The van der Waals surface area contributed by atoms with Crippen molar-refractivity contribution in [2.45, 2.75) is 6.54 Å². The van der Waals surface area contributed by atoms with E-state index in [9.17, 15) is 0 Å². The Morgan fingerprint density at radius 2 is 2.17 bits per heavy atom. The molecule has 2 aromatic rings. The summed E-state index contributed by atoms with van der Waals surface area (Å²) in [5.74, 6) is 0. The second kappa shape index (κ2) is 5.36. The van der Waals surface area contributed by atoms with Crippen molar-refractivity contribution in [1.82, 2.24) is 9.88 Å². The van der Waals surface area contributed by atoms with Gasteiger partial charge in [-0.3, -0.25) is 4.90 Å². The van der Waals surface area contributed by atoms with Crippen LogP contribution in [0.25, 0.3) is 10.6 Å². The van der Waals surface area contributed by atoms with Crippen molar-refractivity contribution in [3.05, 3.63) is 22.4 Å². The van der Waals surface area contributed by atoms with Gasteiger partial charge >= 0.3 is 0 Å². The van der Waals surface area contributed by atoms with Gasteiger partial charge in [0.15, 0.2) is 5.13 Å². The molecule has 4 nitrogen and oxygen atoms in total. The number of hydrogen-bond donors (Lipinski definition) is 1. The number of thiazole rings is 1. The van der Waals surface area contributed by atoms with Gasteiger partial charge in [-0.1, -0.05) is 0 Å². The lowest BCUT2D eigenvalue weighted by Gasteiger charge is -2.25. The Morgan fingerprint density at radius 3 is 2.89 bits per heavy atom. The first-order valence-corrected chi connectivity index (χ1v) is 7.61. The van der Waals surface area contributed by atoms with E-state index in [0.29, 0.717) is 5.13 Å². The van der Waals surface area contributed by atoms with Gasteiger partial charge in [-0.05, 0) is 12.1 Å². The van der Waals surface area contributed by atoms with Crippen LogP contribution in [-0.4, -0.2) is 36.2 Å². The Hall–Kier alpha value is -0.950. The zero-order chi connectivity index (χ0) is 12.4. The van der Waals surface area contributed by atoms with E-state index in [0.717, 1.165) is 38.5 Å². The van der Waals surface area contributed by atoms with Crippen LogP contribution in [0.15, 0.2) is 17.5 Å². The minimum atomic E-state index is 0.633. The van der Waals surface area contributed by atoms with E-state index < -0.39 is 0 Å². The summed E-state index contributed by atoms with van der Waals surface area (Å²) in [5, 5.41) is 2.65. The van der Waals surface area contributed by atoms with Gasteiger partial charge in [-0.25, -0.2) is 4.98 Å². The summed E-state index contributed by atoms with van der Waals surface area (Å²) in [5.41, 5.74) is 6.66. The van der Waals surface area contributed by atoms with Crippen LogP contribution in [0.4, 0.5) is 5.13 Å². The van der Waals surface area contributed by atoms with E-state index >= 15 is 0 Å². The summed E-state index contributed by atoms with van der Waals surface area (Å²) < 4.78 is 5.35. The minimum Gasteiger partial charge on any atom is -0.379 e. The number of thiophene rings is 1. The molecule has 1 fully saturated rings. The maximum absolute atomic E-state index is 5.66. The molecule has 18 heavy (non-hydrogen) atoms. The first kappa shape index (κ1) is 12.1. The van der Waals surface area contributed by atoms with Crippen LogP contribution in [0.3, 0.4) is 0 Å². The third kappa shape index (κ3) is 2.72. The van der Waals surface area contributed by atoms with E-state index in [4.69, 9.17) is 10.5 Å². The van der Waals surface area contributed by atoms with Crippen LogP contribution >= 0.6 is 22.7 Å². The largest absolute Gasteiger partial charge is 0.379 e. The number of aromatic nitrogens is 1. The molecule has 96 valence electrons. The van der Waals surface area contributed by atoms with Gasteiger partial charge in [-0.15, -0.1) is 22.7 Å². The molecule has 3 rings (SSSR count). The van der Waals surface area contributed by atoms with Crippen molar-refractivity contribution in [1.29, 1.82) is 0 Å². The second-order valence-electron chi connectivity index (χ2n) is 4.23. The third-order valence-electron chi connectivity index (χ3n) is 2.92. The van der Waals surface area contributed by atoms with E-state index in [1.165, 1.54) is 21.1 Å². The van der Waals surface area contributed by atoms with Crippen LogP contribution in [0.2, 0.25) is 0 Å². The lowest BCUT2D eigenvalue weighted by molar-refractivity contribution is 0.0346. The van der Waals surface area contributed by atoms with Crippen LogP contribution in [-0.2, 0) is 11.3 Å². The van der Waals surface area contributed by atoms with E-state index in [1.54, 1.807) is 11.3 Å². The molecule has 0 aliphatic carbocycles. The molecule has 0 unspecified atom stereocenters. The van der Waals surface area contributed by atoms with Crippen molar-refractivity contribution < 1.29 is 4.74 Å². The van der Waals surface area contributed by atoms with Crippen molar-refractivity contribution in [2.24, 2.45) is 0 Å². The number of nitrogens with zero attached hydrogens (tertiary/aromatic N) is 2. The molecule has 0 amide bonds. The van der Waals surface area contributed by atoms with E-state index in [2.05, 4.69) is 22.0 Å². The summed E-state index contributed by atoms with van der Waals surface area (Å²) in [4.78, 5) is 9.31. The van der Waals surface area contributed by atoms with Gasteiger partial charge in [0.05, 0.1) is 23.8 Å². The molecule has 1 aliphatic rings. The molecule has 1 aliphatic heterocycles. The average Bonchev–Trinajstić information content (AvgIpc) is 2.99. The van der Waals surface area contributed by atoms with Crippen LogP contribution in [0.5, 0.6) is 0 Å². The Morgan fingerprint density at radius 1 is 1.33 bits per heavy atom. The quantitative estimate of drug-likeness (QED) is 0.938. The molecular weight excluding hydrogens is 266 g/mol. The molecule has 3 heterocycles. The highest BCUT2D eigenvalue weighted by molar-refractivity contribution is 7.16. The Bertz CT molecular complexity index is 517. The molecule has 0 aromatic carbocycles. The lowest BCUT2D eigenvalue weighted by Crippen LogP contribution is -2.35. The van der Waals surface area contributed by atoms with Crippen LogP contribution in [0.1, 0.15) is 4.88 Å². The summed E-state index contributed by atoms with van der Waals surface area (Å²) in [6.45, 7) is 4.75. The molecule has 0 saturated carbocycles. The number of nitrogen functional groups attached to an aromatic ring is 1. The van der Waals surface area contributed by atoms with E-state index in [1.807, 2.05) is 5.38 Å². The van der Waals surface area contributed by atoms with Crippen molar-refractivity contribution in [2.75, 3.05) is 32.0 Å². The number of morpholine rings is 1. The predicted molar refractivity (Wildman–Crippen MR) is 75.9 cm³/mol. The van der Waals surface area contributed by atoms with Crippen LogP contribution < -0.4 is 5.73 Å². The first-order valence-electron chi connectivity index (χ1n) is 5.91. The molecule has 6 heteroatoms. The topological polar surface area (TPSA) is 51.4 Å². The van der Waals surface area contributed by atoms with E-state index in [-0.39, 0.29) is 0 Å². The van der Waals surface area contributed by atoms with Crippen molar-refractivity contribution in [3.8, 4) is 10.6 Å². The Balaban J connectivity index is 1.69. The van der Waals surface area contributed by atoms with Crippen LogP contribution in [0, 0.1) is 0 Å². The molecule has 0 bridgehead atoms.